The van der Waals surface area contributed by atoms with Crippen LogP contribution in [0.3, 0.4) is 0 Å². The summed E-state index contributed by atoms with van der Waals surface area (Å²) >= 11 is 0. The van der Waals surface area contributed by atoms with Crippen molar-refractivity contribution in [3.63, 3.8) is 0 Å². The summed E-state index contributed by atoms with van der Waals surface area (Å²) in [5.41, 5.74) is 12.8. The van der Waals surface area contributed by atoms with Gasteiger partial charge in [0.1, 0.15) is 0 Å². The summed E-state index contributed by atoms with van der Waals surface area (Å²) in [5.74, 6) is 0. The summed E-state index contributed by atoms with van der Waals surface area (Å²) in [6.45, 7) is 0.749. The smallest absolute Gasteiger partial charge is 0.00424 e. The predicted molar refractivity (Wildman–Crippen MR) is 61.0 cm³/mol. The maximum atomic E-state index is 5.95. The highest BCUT2D eigenvalue weighted by Crippen LogP contribution is 2.06. The van der Waals surface area contributed by atoms with Crippen molar-refractivity contribution >= 4 is 0 Å². The highest BCUT2D eigenvalue weighted by molar-refractivity contribution is 5.14. The van der Waals surface area contributed by atoms with Crippen LogP contribution in [0, 0.1) is 0 Å². The molecular weight excluding hydrogens is 172 g/mol. The maximum Gasteiger partial charge on any atom is 0.00424 e. The fourth-order valence-corrected chi connectivity index (χ4v) is 1.52. The van der Waals surface area contributed by atoms with Crippen LogP contribution in [0.25, 0.3) is 0 Å². The molecule has 0 radical (unpaired) electrons. The summed E-state index contributed by atoms with van der Waals surface area (Å²) in [7, 11) is 0. The standard InChI is InChI=1S/C12H20N2/c13-10-4-7-12(14)9-8-11-5-2-1-3-6-11/h1-3,5-6,12H,4,7-10,13-14H2. The molecule has 0 aliphatic heterocycles. The van der Waals surface area contributed by atoms with Crippen LogP contribution in [0.4, 0.5) is 0 Å². The Kier molecular flexibility index (Phi) is 5.27. The fraction of sp³-hybridized carbons (Fsp3) is 0.500. The Morgan fingerprint density at radius 2 is 1.79 bits per heavy atom. The molecule has 0 spiro atoms. The first-order valence-electron chi connectivity index (χ1n) is 5.32. The van der Waals surface area contributed by atoms with Gasteiger partial charge in [0.2, 0.25) is 0 Å². The van der Waals surface area contributed by atoms with Crippen LogP contribution >= 0.6 is 0 Å². The van der Waals surface area contributed by atoms with E-state index < -0.39 is 0 Å². The van der Waals surface area contributed by atoms with E-state index in [0.717, 1.165) is 32.2 Å². The summed E-state index contributed by atoms with van der Waals surface area (Å²) in [6, 6.07) is 10.8. The minimum atomic E-state index is 0.304. The molecule has 1 rings (SSSR count). The summed E-state index contributed by atoms with van der Waals surface area (Å²) < 4.78 is 0. The Labute approximate surface area is 86.3 Å². The van der Waals surface area contributed by atoms with Crippen LogP contribution in [0.2, 0.25) is 0 Å². The van der Waals surface area contributed by atoms with Crippen LogP contribution in [-0.4, -0.2) is 12.6 Å². The van der Waals surface area contributed by atoms with E-state index in [0.29, 0.717) is 6.04 Å². The van der Waals surface area contributed by atoms with Crippen molar-refractivity contribution in [1.29, 1.82) is 0 Å². The van der Waals surface area contributed by atoms with Gasteiger partial charge in [-0.15, -0.1) is 0 Å². The Morgan fingerprint density at radius 3 is 2.43 bits per heavy atom. The third-order valence-electron chi connectivity index (χ3n) is 2.43. The molecule has 2 heteroatoms. The summed E-state index contributed by atoms with van der Waals surface area (Å²) in [6.07, 6.45) is 4.22. The zero-order valence-corrected chi connectivity index (χ0v) is 8.65. The normalized spacial score (nSPS) is 12.7. The molecule has 1 aromatic carbocycles. The second-order valence-corrected chi connectivity index (χ2v) is 3.72. The maximum absolute atomic E-state index is 5.95. The van der Waals surface area contributed by atoms with Crippen molar-refractivity contribution in [2.24, 2.45) is 11.5 Å². The van der Waals surface area contributed by atoms with E-state index in [9.17, 15) is 0 Å². The van der Waals surface area contributed by atoms with Crippen molar-refractivity contribution in [2.45, 2.75) is 31.7 Å². The van der Waals surface area contributed by atoms with Gasteiger partial charge in [0, 0.05) is 6.04 Å². The molecule has 4 N–H and O–H groups in total. The Morgan fingerprint density at radius 1 is 1.07 bits per heavy atom. The van der Waals surface area contributed by atoms with Crippen molar-refractivity contribution in [1.82, 2.24) is 0 Å². The fourth-order valence-electron chi connectivity index (χ4n) is 1.52. The molecule has 0 fully saturated rings. The molecule has 0 aromatic heterocycles. The molecule has 14 heavy (non-hydrogen) atoms. The number of nitrogens with two attached hydrogens (primary N) is 2. The molecule has 1 aromatic rings. The van der Waals surface area contributed by atoms with Crippen LogP contribution < -0.4 is 11.5 Å². The molecule has 78 valence electrons. The second kappa shape index (κ2) is 6.57. The van der Waals surface area contributed by atoms with Crippen LogP contribution in [0.15, 0.2) is 30.3 Å². The minimum Gasteiger partial charge on any atom is -0.330 e. The first kappa shape index (κ1) is 11.2. The zero-order chi connectivity index (χ0) is 10.2. The lowest BCUT2D eigenvalue weighted by Crippen LogP contribution is -2.21. The van der Waals surface area contributed by atoms with Gasteiger partial charge in [-0.2, -0.15) is 0 Å². The minimum absolute atomic E-state index is 0.304. The predicted octanol–water partition coefficient (Wildman–Crippen LogP) is 1.69. The SMILES string of the molecule is NCCCC(N)CCc1ccccc1. The highest BCUT2D eigenvalue weighted by Gasteiger charge is 2.01. The Hall–Kier alpha value is -0.860. The second-order valence-electron chi connectivity index (χ2n) is 3.72. The van der Waals surface area contributed by atoms with Gasteiger partial charge in [-0.05, 0) is 37.8 Å². The summed E-state index contributed by atoms with van der Waals surface area (Å²) in [5, 5.41) is 0. The van der Waals surface area contributed by atoms with E-state index in [1.165, 1.54) is 5.56 Å². The molecular formula is C12H20N2. The lowest BCUT2D eigenvalue weighted by Gasteiger charge is -2.10. The van der Waals surface area contributed by atoms with Crippen molar-refractivity contribution < 1.29 is 0 Å². The van der Waals surface area contributed by atoms with E-state index in [1.54, 1.807) is 0 Å². The largest absolute Gasteiger partial charge is 0.330 e. The number of hydrogen-bond donors (Lipinski definition) is 2. The van der Waals surface area contributed by atoms with E-state index in [-0.39, 0.29) is 0 Å². The van der Waals surface area contributed by atoms with Crippen molar-refractivity contribution in [3.05, 3.63) is 35.9 Å². The first-order valence-corrected chi connectivity index (χ1v) is 5.32. The van der Waals surface area contributed by atoms with Crippen LogP contribution in [0.5, 0.6) is 0 Å². The van der Waals surface area contributed by atoms with E-state index in [2.05, 4.69) is 24.3 Å². The van der Waals surface area contributed by atoms with E-state index in [1.807, 2.05) is 6.07 Å². The average Bonchev–Trinajstić information content (AvgIpc) is 2.25. The van der Waals surface area contributed by atoms with Gasteiger partial charge in [0.05, 0.1) is 0 Å². The zero-order valence-electron chi connectivity index (χ0n) is 8.65. The molecule has 0 saturated carbocycles. The Bertz CT molecular complexity index is 233. The molecule has 0 amide bonds. The van der Waals surface area contributed by atoms with E-state index >= 15 is 0 Å². The van der Waals surface area contributed by atoms with Gasteiger partial charge < -0.3 is 11.5 Å². The molecule has 0 bridgehead atoms. The van der Waals surface area contributed by atoms with Crippen LogP contribution in [0.1, 0.15) is 24.8 Å². The molecule has 2 nitrogen and oxygen atoms in total. The quantitative estimate of drug-likeness (QED) is 0.720. The van der Waals surface area contributed by atoms with Gasteiger partial charge in [0.15, 0.2) is 0 Å². The van der Waals surface area contributed by atoms with Gasteiger partial charge >= 0.3 is 0 Å². The number of rotatable bonds is 6. The molecule has 1 atom stereocenters. The van der Waals surface area contributed by atoms with Crippen LogP contribution in [-0.2, 0) is 6.42 Å². The lowest BCUT2D eigenvalue weighted by molar-refractivity contribution is 0.550. The topological polar surface area (TPSA) is 52.0 Å². The monoisotopic (exact) mass is 192 g/mol. The lowest BCUT2D eigenvalue weighted by atomic mass is 10.0. The van der Waals surface area contributed by atoms with Gasteiger partial charge in [-0.25, -0.2) is 0 Å². The first-order chi connectivity index (χ1) is 6.83. The highest BCUT2D eigenvalue weighted by atomic mass is 14.6. The third kappa shape index (κ3) is 4.40. The van der Waals surface area contributed by atoms with Gasteiger partial charge in [0.25, 0.3) is 0 Å². The average molecular weight is 192 g/mol. The van der Waals surface area contributed by atoms with Gasteiger partial charge in [-0.3, -0.25) is 0 Å². The van der Waals surface area contributed by atoms with Crippen molar-refractivity contribution in [2.75, 3.05) is 6.54 Å². The number of hydrogen-bond acceptors (Lipinski definition) is 2. The van der Waals surface area contributed by atoms with Crippen molar-refractivity contribution in [3.8, 4) is 0 Å². The molecule has 0 saturated heterocycles. The van der Waals surface area contributed by atoms with Gasteiger partial charge in [-0.1, -0.05) is 30.3 Å². The molecule has 0 aliphatic rings. The Balaban J connectivity index is 2.20. The molecule has 1 unspecified atom stereocenters. The number of aryl methyl sites for hydroxylation is 1. The molecule has 0 heterocycles. The van der Waals surface area contributed by atoms with E-state index in [4.69, 9.17) is 11.5 Å². The number of benzene rings is 1. The molecule has 0 aliphatic carbocycles. The third-order valence-corrected chi connectivity index (χ3v) is 2.43. The summed E-state index contributed by atoms with van der Waals surface area (Å²) in [4.78, 5) is 0.